The molecular formula is C28H28NO3PS. The fourth-order valence-corrected chi connectivity index (χ4v) is 8.89. The van der Waals surface area contributed by atoms with E-state index in [9.17, 15) is 13.0 Å². The molecule has 1 unspecified atom stereocenters. The van der Waals surface area contributed by atoms with E-state index < -0.39 is 22.9 Å². The average Bonchev–Trinajstić information content (AvgIpc) is 2.88. The van der Waals surface area contributed by atoms with Crippen LogP contribution in [0.25, 0.3) is 0 Å². The zero-order valence-corrected chi connectivity index (χ0v) is 20.8. The minimum atomic E-state index is -3.90. The number of nitrogens with one attached hydrogen (secondary N) is 1. The Morgan fingerprint density at radius 1 is 0.706 bits per heavy atom. The maximum absolute atomic E-state index is 15.0. The van der Waals surface area contributed by atoms with Crippen LogP contribution in [0.15, 0.2) is 120 Å². The van der Waals surface area contributed by atoms with Gasteiger partial charge in [0, 0.05) is 10.6 Å². The maximum Gasteiger partial charge on any atom is 0.241 e. The molecule has 1 atom stereocenters. The molecule has 0 spiro atoms. The summed E-state index contributed by atoms with van der Waals surface area (Å²) in [7, 11) is -7.29. The summed E-state index contributed by atoms with van der Waals surface area (Å²) in [5.74, 6) is -0.816. The fraction of sp³-hybridized carbons (Fsp3) is 0.143. The first-order chi connectivity index (χ1) is 16.4. The van der Waals surface area contributed by atoms with Gasteiger partial charge >= 0.3 is 0 Å². The Morgan fingerprint density at radius 2 is 1.18 bits per heavy atom. The molecule has 4 rings (SSSR count). The van der Waals surface area contributed by atoms with Crippen LogP contribution < -0.4 is 15.3 Å². The highest BCUT2D eigenvalue weighted by Gasteiger charge is 2.39. The molecule has 0 fully saturated rings. The van der Waals surface area contributed by atoms with Crippen molar-refractivity contribution in [2.75, 3.05) is 0 Å². The molecule has 34 heavy (non-hydrogen) atoms. The largest absolute Gasteiger partial charge is 0.312 e. The number of hydrogen-bond donors (Lipinski definition) is 1. The van der Waals surface area contributed by atoms with E-state index in [-0.39, 0.29) is 4.90 Å². The third kappa shape index (κ3) is 5.39. The van der Waals surface area contributed by atoms with Crippen LogP contribution in [0, 0.1) is 6.92 Å². The van der Waals surface area contributed by atoms with Gasteiger partial charge in [-0.05, 0) is 37.5 Å². The van der Waals surface area contributed by atoms with Gasteiger partial charge in [-0.25, -0.2) is 13.1 Å². The summed E-state index contributed by atoms with van der Waals surface area (Å²) in [6, 6.07) is 34.9. The third-order valence-electron chi connectivity index (χ3n) is 5.89. The summed E-state index contributed by atoms with van der Waals surface area (Å²) in [5, 5.41) is 1.26. The lowest BCUT2D eigenvalue weighted by atomic mass is 10.1. The molecule has 4 aromatic rings. The van der Waals surface area contributed by atoms with Crippen LogP contribution in [0.5, 0.6) is 0 Å². The van der Waals surface area contributed by atoms with Gasteiger partial charge in [0.1, 0.15) is 0 Å². The first-order valence-electron chi connectivity index (χ1n) is 11.2. The zero-order valence-electron chi connectivity index (χ0n) is 19.0. The van der Waals surface area contributed by atoms with Gasteiger partial charge in [0.05, 0.1) is 10.7 Å². The molecule has 0 bridgehead atoms. The highest BCUT2D eigenvalue weighted by atomic mass is 32.2. The maximum atomic E-state index is 15.0. The molecule has 0 heterocycles. The molecule has 0 aliphatic rings. The van der Waals surface area contributed by atoms with Crippen molar-refractivity contribution in [3.63, 3.8) is 0 Å². The first-order valence-corrected chi connectivity index (χ1v) is 14.5. The summed E-state index contributed by atoms with van der Waals surface area (Å²) in [6.07, 6.45) is 0.974. The predicted octanol–water partition coefficient (Wildman–Crippen LogP) is 5.25. The predicted molar refractivity (Wildman–Crippen MR) is 140 cm³/mol. The van der Waals surface area contributed by atoms with Crippen LogP contribution >= 0.6 is 7.14 Å². The molecule has 4 nitrogen and oxygen atoms in total. The lowest BCUT2D eigenvalue weighted by Crippen LogP contribution is -2.40. The molecule has 0 saturated carbocycles. The van der Waals surface area contributed by atoms with Crippen molar-refractivity contribution in [3.8, 4) is 0 Å². The molecule has 4 aromatic carbocycles. The average molecular weight is 490 g/mol. The lowest BCUT2D eigenvalue weighted by Gasteiger charge is -2.29. The molecule has 0 aliphatic heterocycles. The molecule has 0 aromatic heterocycles. The third-order valence-corrected chi connectivity index (χ3v) is 10.9. The summed E-state index contributed by atoms with van der Waals surface area (Å²) in [4.78, 5) is 0.162. The Bertz CT molecular complexity index is 1310. The molecule has 0 aliphatic carbocycles. The smallest absolute Gasteiger partial charge is 0.241 e. The van der Waals surface area contributed by atoms with Gasteiger partial charge in [-0.15, -0.1) is 0 Å². The summed E-state index contributed by atoms with van der Waals surface area (Å²) < 4.78 is 44.7. The van der Waals surface area contributed by atoms with Crippen molar-refractivity contribution < 1.29 is 13.0 Å². The van der Waals surface area contributed by atoms with Crippen molar-refractivity contribution in [3.05, 3.63) is 126 Å². The van der Waals surface area contributed by atoms with Crippen LogP contribution in [0.2, 0.25) is 0 Å². The van der Waals surface area contributed by atoms with E-state index in [0.717, 1.165) is 11.1 Å². The van der Waals surface area contributed by atoms with Crippen LogP contribution in [-0.4, -0.2) is 14.2 Å². The van der Waals surface area contributed by atoms with E-state index in [1.165, 1.54) is 0 Å². The standard InChI is InChI=1S/C28H28NO3PS/c1-23-17-20-27(21-18-23)34(31,32)29-28(22-19-24-11-5-2-6-12-24)33(30,25-13-7-3-8-14-25)26-15-9-4-10-16-26/h2-18,20-21,28-29H,19,22H2,1H3. The van der Waals surface area contributed by atoms with Crippen molar-refractivity contribution in [2.24, 2.45) is 0 Å². The van der Waals surface area contributed by atoms with Crippen LogP contribution in [0.1, 0.15) is 17.5 Å². The molecule has 174 valence electrons. The van der Waals surface area contributed by atoms with Gasteiger partial charge in [0.15, 0.2) is 7.14 Å². The Labute approximate surface area is 202 Å². The van der Waals surface area contributed by atoms with E-state index in [1.54, 1.807) is 24.3 Å². The van der Waals surface area contributed by atoms with Crippen molar-refractivity contribution in [1.29, 1.82) is 0 Å². The number of rotatable bonds is 9. The second-order valence-electron chi connectivity index (χ2n) is 8.30. The Morgan fingerprint density at radius 3 is 1.68 bits per heavy atom. The molecular weight excluding hydrogens is 461 g/mol. The molecule has 0 amide bonds. The Balaban J connectivity index is 1.80. The second kappa shape index (κ2) is 10.5. The van der Waals surface area contributed by atoms with Crippen LogP contribution in [0.3, 0.4) is 0 Å². The minimum absolute atomic E-state index is 0.162. The van der Waals surface area contributed by atoms with Gasteiger partial charge in [-0.1, -0.05) is 109 Å². The molecule has 1 N–H and O–H groups in total. The van der Waals surface area contributed by atoms with Gasteiger partial charge in [0.25, 0.3) is 0 Å². The van der Waals surface area contributed by atoms with E-state index in [1.807, 2.05) is 97.9 Å². The topological polar surface area (TPSA) is 63.2 Å². The van der Waals surface area contributed by atoms with Gasteiger partial charge in [-0.3, -0.25) is 0 Å². The molecule has 0 saturated heterocycles. The number of hydrogen-bond acceptors (Lipinski definition) is 3. The minimum Gasteiger partial charge on any atom is -0.312 e. The normalized spacial score (nSPS) is 12.9. The Kier molecular flexibility index (Phi) is 7.47. The lowest BCUT2D eigenvalue weighted by molar-refractivity contribution is 0.548. The van der Waals surface area contributed by atoms with Gasteiger partial charge < -0.3 is 4.57 Å². The highest BCUT2D eigenvalue weighted by Crippen LogP contribution is 2.49. The fourth-order valence-electron chi connectivity index (χ4n) is 4.04. The highest BCUT2D eigenvalue weighted by molar-refractivity contribution is 7.90. The van der Waals surface area contributed by atoms with Crippen molar-refractivity contribution in [2.45, 2.75) is 30.4 Å². The first kappa shape index (κ1) is 24.2. The number of sulfonamides is 1. The van der Waals surface area contributed by atoms with Gasteiger partial charge in [0.2, 0.25) is 10.0 Å². The van der Waals surface area contributed by atoms with Crippen LogP contribution in [-0.2, 0) is 21.0 Å². The van der Waals surface area contributed by atoms with Gasteiger partial charge in [-0.2, -0.15) is 0 Å². The summed E-state index contributed by atoms with van der Waals surface area (Å²) in [6.45, 7) is 1.91. The molecule has 6 heteroatoms. The van der Waals surface area contributed by atoms with Crippen molar-refractivity contribution in [1.82, 2.24) is 4.72 Å². The zero-order chi connectivity index (χ0) is 24.0. The monoisotopic (exact) mass is 489 g/mol. The summed E-state index contributed by atoms with van der Waals surface area (Å²) >= 11 is 0. The number of benzene rings is 4. The molecule has 0 radical (unpaired) electrons. The van der Waals surface area contributed by atoms with E-state index in [2.05, 4.69) is 4.72 Å². The SMILES string of the molecule is Cc1ccc(S(=O)(=O)NC(CCc2ccccc2)P(=O)(c2ccccc2)c2ccccc2)cc1. The van der Waals surface area contributed by atoms with E-state index in [0.29, 0.717) is 23.5 Å². The number of aryl methyl sites for hydroxylation is 2. The van der Waals surface area contributed by atoms with Crippen LogP contribution in [0.4, 0.5) is 0 Å². The summed E-state index contributed by atoms with van der Waals surface area (Å²) in [5.41, 5.74) is 2.04. The Hall–Kier alpha value is -2.98. The van der Waals surface area contributed by atoms with E-state index >= 15 is 0 Å². The van der Waals surface area contributed by atoms with E-state index in [4.69, 9.17) is 0 Å². The van der Waals surface area contributed by atoms with Crippen molar-refractivity contribution >= 4 is 27.8 Å². The quantitative estimate of drug-likeness (QED) is 0.327. The second-order valence-corrected chi connectivity index (χ2v) is 13.0.